The van der Waals surface area contributed by atoms with Crippen LogP contribution in [0, 0.1) is 0 Å². The van der Waals surface area contributed by atoms with Crippen LogP contribution < -0.4 is 9.80 Å². The summed E-state index contributed by atoms with van der Waals surface area (Å²) >= 11 is 12.1. The summed E-state index contributed by atoms with van der Waals surface area (Å²) in [4.78, 5) is 17.3. The standard InChI is InChI=1S/C25H19Cl2F3N2O/c26-18-6-10-20(11-7-18)31-22-5-2-14-24(22,16-3-1-4-17(15-16)25(28,29)30)32(23(31)33)21-12-8-19(27)9-13-21/h1,3-4,6-13,15,22H,2,5,14H2. The first-order valence-corrected chi connectivity index (χ1v) is 11.3. The number of hydrogen-bond acceptors (Lipinski definition) is 1. The van der Waals surface area contributed by atoms with Gasteiger partial charge in [-0.25, -0.2) is 4.79 Å². The number of nitrogens with zero attached hydrogens (tertiary/aromatic N) is 2. The maximum absolute atomic E-state index is 13.9. The van der Waals surface area contributed by atoms with Crippen molar-refractivity contribution < 1.29 is 18.0 Å². The molecule has 2 atom stereocenters. The smallest absolute Gasteiger partial charge is 0.288 e. The molecule has 2 unspecified atom stereocenters. The first-order valence-electron chi connectivity index (χ1n) is 10.5. The zero-order chi connectivity index (χ0) is 23.4. The molecule has 1 aliphatic heterocycles. The van der Waals surface area contributed by atoms with Crippen LogP contribution in [-0.4, -0.2) is 12.1 Å². The van der Waals surface area contributed by atoms with E-state index in [0.29, 0.717) is 39.8 Å². The lowest BCUT2D eigenvalue weighted by molar-refractivity contribution is -0.137. The van der Waals surface area contributed by atoms with Gasteiger partial charge in [0.15, 0.2) is 0 Å². The van der Waals surface area contributed by atoms with Crippen molar-refractivity contribution in [2.75, 3.05) is 9.80 Å². The Morgan fingerprint density at radius 2 is 1.48 bits per heavy atom. The number of alkyl halides is 3. The Labute approximate surface area is 199 Å². The zero-order valence-corrected chi connectivity index (χ0v) is 18.8. The van der Waals surface area contributed by atoms with E-state index in [2.05, 4.69) is 0 Å². The van der Waals surface area contributed by atoms with Gasteiger partial charge in [-0.2, -0.15) is 13.2 Å². The Bertz CT molecular complexity index is 1200. The summed E-state index contributed by atoms with van der Waals surface area (Å²) in [5.41, 5.74) is 0.0357. The fourth-order valence-corrected chi connectivity index (χ4v) is 5.49. The molecule has 2 amide bonds. The molecule has 0 spiro atoms. The average Bonchev–Trinajstić information content (AvgIpc) is 3.31. The average molecular weight is 491 g/mol. The Balaban J connectivity index is 1.73. The number of carbonyl (C=O) groups excluding carboxylic acids is 1. The highest BCUT2D eigenvalue weighted by Gasteiger charge is 2.61. The third-order valence-corrected chi connectivity index (χ3v) is 7.08. The van der Waals surface area contributed by atoms with Gasteiger partial charge in [0.25, 0.3) is 0 Å². The molecule has 3 aromatic carbocycles. The van der Waals surface area contributed by atoms with Crippen molar-refractivity contribution in [1.82, 2.24) is 0 Å². The molecule has 8 heteroatoms. The Morgan fingerprint density at radius 1 is 0.879 bits per heavy atom. The normalized spacial score (nSPS) is 22.7. The van der Waals surface area contributed by atoms with Crippen molar-refractivity contribution in [2.24, 2.45) is 0 Å². The fraction of sp³-hybridized carbons (Fsp3) is 0.240. The monoisotopic (exact) mass is 490 g/mol. The van der Waals surface area contributed by atoms with E-state index in [1.165, 1.54) is 12.1 Å². The molecule has 170 valence electrons. The molecular formula is C25H19Cl2F3N2O. The van der Waals surface area contributed by atoms with Gasteiger partial charge in [-0.1, -0.05) is 35.3 Å². The lowest BCUT2D eigenvalue weighted by Gasteiger charge is -2.38. The van der Waals surface area contributed by atoms with Crippen molar-refractivity contribution in [3.63, 3.8) is 0 Å². The number of benzene rings is 3. The SMILES string of the molecule is O=C1N(c2ccc(Cl)cc2)C2CCCC2(c2cccc(C(F)(F)F)c2)N1c1ccc(Cl)cc1. The third kappa shape index (κ3) is 3.56. The quantitative estimate of drug-likeness (QED) is 0.365. The summed E-state index contributed by atoms with van der Waals surface area (Å²) in [5.74, 6) is 0. The molecule has 0 bridgehead atoms. The maximum atomic E-state index is 13.9. The summed E-state index contributed by atoms with van der Waals surface area (Å²) < 4.78 is 40.8. The van der Waals surface area contributed by atoms with E-state index in [0.717, 1.165) is 12.5 Å². The number of carbonyl (C=O) groups is 1. The van der Waals surface area contributed by atoms with E-state index in [-0.39, 0.29) is 12.1 Å². The van der Waals surface area contributed by atoms with Crippen LogP contribution in [-0.2, 0) is 11.7 Å². The van der Waals surface area contributed by atoms with Crippen LogP contribution in [0.5, 0.6) is 0 Å². The first-order chi connectivity index (χ1) is 15.7. The van der Waals surface area contributed by atoms with Gasteiger partial charge in [0.05, 0.1) is 17.1 Å². The summed E-state index contributed by atoms with van der Waals surface area (Å²) in [5, 5.41) is 1.05. The molecule has 1 aliphatic carbocycles. The molecule has 1 saturated heterocycles. The highest BCUT2D eigenvalue weighted by atomic mass is 35.5. The van der Waals surface area contributed by atoms with Gasteiger partial charge in [-0.3, -0.25) is 9.80 Å². The van der Waals surface area contributed by atoms with Crippen molar-refractivity contribution in [2.45, 2.75) is 37.0 Å². The van der Waals surface area contributed by atoms with E-state index >= 15 is 0 Å². The van der Waals surface area contributed by atoms with Crippen molar-refractivity contribution in [3.8, 4) is 0 Å². The van der Waals surface area contributed by atoms with E-state index in [9.17, 15) is 18.0 Å². The number of rotatable bonds is 3. The van der Waals surface area contributed by atoms with E-state index in [1.54, 1.807) is 64.4 Å². The van der Waals surface area contributed by atoms with E-state index in [4.69, 9.17) is 23.2 Å². The highest BCUT2D eigenvalue weighted by molar-refractivity contribution is 6.31. The summed E-state index contributed by atoms with van der Waals surface area (Å²) in [7, 11) is 0. The van der Waals surface area contributed by atoms with Crippen LogP contribution in [0.15, 0.2) is 72.8 Å². The second-order valence-electron chi connectivity index (χ2n) is 8.35. The first kappa shape index (κ1) is 22.1. The second kappa shape index (κ2) is 7.96. The molecule has 2 aliphatic rings. The van der Waals surface area contributed by atoms with Crippen molar-refractivity contribution in [3.05, 3.63) is 94.0 Å². The number of fused-ring (bicyclic) bond motifs is 1. The molecule has 1 saturated carbocycles. The van der Waals surface area contributed by atoms with E-state index in [1.807, 2.05) is 0 Å². The third-order valence-electron chi connectivity index (χ3n) is 6.57. The number of urea groups is 1. The van der Waals surface area contributed by atoms with Crippen LogP contribution in [0.1, 0.15) is 30.4 Å². The van der Waals surface area contributed by atoms with Gasteiger partial charge in [0.2, 0.25) is 0 Å². The van der Waals surface area contributed by atoms with Crippen LogP contribution >= 0.6 is 23.2 Å². The Morgan fingerprint density at radius 3 is 2.09 bits per heavy atom. The molecule has 3 nitrogen and oxygen atoms in total. The molecule has 1 heterocycles. The molecule has 3 aromatic rings. The van der Waals surface area contributed by atoms with Gasteiger partial charge in [-0.15, -0.1) is 0 Å². The summed E-state index contributed by atoms with van der Waals surface area (Å²) in [6, 6.07) is 18.5. The minimum atomic E-state index is -4.48. The topological polar surface area (TPSA) is 23.6 Å². The van der Waals surface area contributed by atoms with Gasteiger partial charge in [-0.05, 0) is 85.5 Å². The molecule has 0 radical (unpaired) electrons. The summed E-state index contributed by atoms with van der Waals surface area (Å²) in [6.07, 6.45) is -2.52. The van der Waals surface area contributed by atoms with Gasteiger partial charge in [0, 0.05) is 21.4 Å². The summed E-state index contributed by atoms with van der Waals surface area (Å²) in [6.45, 7) is 0. The highest BCUT2D eigenvalue weighted by Crippen LogP contribution is 2.54. The lowest BCUT2D eigenvalue weighted by atomic mass is 9.83. The molecule has 2 fully saturated rings. The van der Waals surface area contributed by atoms with Crippen molar-refractivity contribution >= 4 is 40.6 Å². The van der Waals surface area contributed by atoms with Crippen LogP contribution in [0.25, 0.3) is 0 Å². The second-order valence-corrected chi connectivity index (χ2v) is 9.22. The molecule has 0 aromatic heterocycles. The Kier molecular flexibility index (Phi) is 5.33. The minimum Gasteiger partial charge on any atom is -0.288 e. The van der Waals surface area contributed by atoms with Crippen LogP contribution in [0.4, 0.5) is 29.3 Å². The van der Waals surface area contributed by atoms with Crippen LogP contribution in [0.2, 0.25) is 10.0 Å². The van der Waals surface area contributed by atoms with Gasteiger partial charge >= 0.3 is 12.2 Å². The number of halogens is 5. The zero-order valence-electron chi connectivity index (χ0n) is 17.3. The van der Waals surface area contributed by atoms with E-state index < -0.39 is 17.3 Å². The molecule has 0 N–H and O–H groups in total. The predicted molar refractivity (Wildman–Crippen MR) is 124 cm³/mol. The fourth-order valence-electron chi connectivity index (χ4n) is 5.24. The number of hydrogen-bond donors (Lipinski definition) is 0. The molecule has 5 rings (SSSR count). The number of anilines is 2. The maximum Gasteiger partial charge on any atom is 0.416 e. The minimum absolute atomic E-state index is 0.290. The molecule has 33 heavy (non-hydrogen) atoms. The van der Waals surface area contributed by atoms with Gasteiger partial charge in [0.1, 0.15) is 0 Å². The molecular weight excluding hydrogens is 472 g/mol. The largest absolute Gasteiger partial charge is 0.416 e. The van der Waals surface area contributed by atoms with Gasteiger partial charge < -0.3 is 0 Å². The predicted octanol–water partition coefficient (Wildman–Crippen LogP) is 7.91. The lowest BCUT2D eigenvalue weighted by Crippen LogP contribution is -2.46. The van der Waals surface area contributed by atoms with Crippen molar-refractivity contribution in [1.29, 1.82) is 0 Å². The number of amides is 2. The Hall–Kier alpha value is -2.70. The van der Waals surface area contributed by atoms with Crippen LogP contribution in [0.3, 0.4) is 0 Å².